The molecule has 0 unspecified atom stereocenters. The van der Waals surface area contributed by atoms with Gasteiger partial charge in [0.25, 0.3) is 0 Å². The van der Waals surface area contributed by atoms with Gasteiger partial charge in [-0.25, -0.2) is 0 Å². The van der Waals surface area contributed by atoms with Gasteiger partial charge in [-0.05, 0) is 20.8 Å². The molecule has 17 heavy (non-hydrogen) atoms. The first-order valence-corrected chi connectivity index (χ1v) is 2.72. The van der Waals surface area contributed by atoms with Crippen LogP contribution in [0.5, 0.6) is 0 Å². The quantitative estimate of drug-likeness (QED) is 0.374. The van der Waals surface area contributed by atoms with Gasteiger partial charge in [0, 0.05) is 17.9 Å². The first kappa shape index (κ1) is 54.8. The fraction of sp³-hybridized carbons (Fsp3) is 0.500. The zero-order valence-corrected chi connectivity index (χ0v) is 11.3. The number of aliphatic carboxylic acids is 3. The van der Waals surface area contributed by atoms with Crippen LogP contribution in [0.15, 0.2) is 0 Å². The summed E-state index contributed by atoms with van der Waals surface area (Å²) >= 11 is 0. The van der Waals surface area contributed by atoms with E-state index in [1.807, 2.05) is 0 Å². The molecule has 0 rings (SSSR count). The Morgan fingerprint density at radius 3 is 0.588 bits per heavy atom. The molecule has 0 aliphatic heterocycles. The SMILES string of the molecule is CC(=O)[O-].CC(=O)[O-].CC(=O)[O-].O.O.O.O.[Dy+3]. The largest absolute Gasteiger partial charge is 3.00 e. The maximum Gasteiger partial charge on any atom is 3.00 e. The number of carbonyl (C=O) groups excluding carboxylic acids is 3. The van der Waals surface area contributed by atoms with Gasteiger partial charge in [0.1, 0.15) is 0 Å². The minimum atomic E-state index is -1.08. The summed E-state index contributed by atoms with van der Waals surface area (Å²) in [5.74, 6) is -3.25. The van der Waals surface area contributed by atoms with E-state index in [4.69, 9.17) is 29.7 Å². The van der Waals surface area contributed by atoms with E-state index in [0.717, 1.165) is 20.8 Å². The van der Waals surface area contributed by atoms with E-state index in [1.54, 1.807) is 0 Å². The number of carboxylic acids is 3. The van der Waals surface area contributed by atoms with Gasteiger partial charge in [0.05, 0.1) is 0 Å². The Morgan fingerprint density at radius 1 is 0.588 bits per heavy atom. The maximum absolute atomic E-state index is 8.89. The molecule has 0 aromatic rings. The monoisotopic (exact) mass is 413 g/mol. The number of hydrogen-bond donors (Lipinski definition) is 0. The molecule has 11 heteroatoms. The summed E-state index contributed by atoms with van der Waals surface area (Å²) in [4.78, 5) is 26.7. The van der Waals surface area contributed by atoms with Crippen LogP contribution in [-0.4, -0.2) is 39.8 Å². The van der Waals surface area contributed by atoms with Crippen LogP contribution >= 0.6 is 0 Å². The minimum Gasteiger partial charge on any atom is -0.550 e. The zero-order valence-electron chi connectivity index (χ0n) is 9.27. The van der Waals surface area contributed by atoms with Crippen LogP contribution in [0, 0.1) is 38.2 Å². The van der Waals surface area contributed by atoms with Gasteiger partial charge in [0.15, 0.2) is 0 Å². The van der Waals surface area contributed by atoms with Crippen LogP contribution in [0.1, 0.15) is 20.8 Å². The average molecular weight is 412 g/mol. The summed E-state index contributed by atoms with van der Waals surface area (Å²) in [6, 6.07) is 0. The van der Waals surface area contributed by atoms with Crippen molar-refractivity contribution >= 4 is 17.9 Å². The molecule has 0 spiro atoms. The van der Waals surface area contributed by atoms with Crippen molar-refractivity contribution in [1.29, 1.82) is 0 Å². The molecule has 0 atom stereocenters. The molecule has 10 nitrogen and oxygen atoms in total. The molecular weight excluding hydrogens is 395 g/mol. The second-order valence-electron chi connectivity index (χ2n) is 1.47. The number of rotatable bonds is 0. The minimum absolute atomic E-state index is 0. The number of carbonyl (C=O) groups is 3. The van der Waals surface area contributed by atoms with E-state index in [9.17, 15) is 0 Å². The van der Waals surface area contributed by atoms with Gasteiger partial charge in [0.2, 0.25) is 0 Å². The van der Waals surface area contributed by atoms with Gasteiger partial charge >= 0.3 is 38.2 Å². The van der Waals surface area contributed by atoms with E-state index in [-0.39, 0.29) is 60.1 Å². The predicted octanol–water partition coefficient (Wildman–Crippen LogP) is -7.03. The van der Waals surface area contributed by atoms with Crippen molar-refractivity contribution in [2.45, 2.75) is 20.8 Å². The van der Waals surface area contributed by atoms with E-state index in [1.165, 1.54) is 0 Å². The van der Waals surface area contributed by atoms with Crippen LogP contribution in [0.4, 0.5) is 0 Å². The molecule has 0 heterocycles. The molecule has 0 amide bonds. The van der Waals surface area contributed by atoms with Gasteiger partial charge in [-0.3, -0.25) is 0 Å². The van der Waals surface area contributed by atoms with Crippen LogP contribution < -0.4 is 15.3 Å². The average Bonchev–Trinajstić information content (AvgIpc) is 1.54. The molecular formula is C6H17DyO10. The third-order valence-corrected chi connectivity index (χ3v) is 0. The van der Waals surface area contributed by atoms with Crippen LogP contribution in [0.3, 0.4) is 0 Å². The van der Waals surface area contributed by atoms with Gasteiger partial charge < -0.3 is 51.6 Å². The fourth-order valence-electron chi connectivity index (χ4n) is 0. The first-order chi connectivity index (χ1) is 5.20. The second-order valence-corrected chi connectivity index (χ2v) is 1.47. The Kier molecular flexibility index (Phi) is 145. The van der Waals surface area contributed by atoms with E-state index >= 15 is 0 Å². The molecule has 0 saturated carbocycles. The van der Waals surface area contributed by atoms with Crippen LogP contribution in [0.2, 0.25) is 0 Å². The Balaban J connectivity index is -0.0000000104. The first-order valence-electron chi connectivity index (χ1n) is 2.72. The summed E-state index contributed by atoms with van der Waals surface area (Å²) in [6.45, 7) is 2.92. The normalized spacial score (nSPS) is 4.41. The molecule has 0 bridgehead atoms. The Hall–Kier alpha value is -0.477. The molecule has 0 aromatic heterocycles. The molecule has 8 N–H and O–H groups in total. The molecule has 0 fully saturated rings. The smallest absolute Gasteiger partial charge is 0.550 e. The van der Waals surface area contributed by atoms with Crippen LogP contribution in [-0.2, 0) is 14.4 Å². The fourth-order valence-corrected chi connectivity index (χ4v) is 0. The van der Waals surface area contributed by atoms with E-state index in [2.05, 4.69) is 0 Å². The van der Waals surface area contributed by atoms with Crippen molar-refractivity contribution in [1.82, 2.24) is 0 Å². The second kappa shape index (κ2) is 45.1. The molecule has 111 valence electrons. The van der Waals surface area contributed by atoms with Crippen molar-refractivity contribution in [3.05, 3.63) is 0 Å². The van der Waals surface area contributed by atoms with Crippen LogP contribution in [0.25, 0.3) is 0 Å². The molecule has 0 saturated heterocycles. The Bertz CT molecular complexity index is 118. The molecule has 0 aliphatic rings. The Labute approximate surface area is 128 Å². The van der Waals surface area contributed by atoms with E-state index in [0.29, 0.717) is 0 Å². The summed E-state index contributed by atoms with van der Waals surface area (Å²) in [6.07, 6.45) is 0. The summed E-state index contributed by atoms with van der Waals surface area (Å²) in [5, 5.41) is 26.7. The van der Waals surface area contributed by atoms with Crippen molar-refractivity contribution in [3.8, 4) is 0 Å². The van der Waals surface area contributed by atoms with Crippen molar-refractivity contribution < 1.29 is 89.8 Å². The summed E-state index contributed by atoms with van der Waals surface area (Å²) in [7, 11) is 0. The van der Waals surface area contributed by atoms with Gasteiger partial charge in [-0.15, -0.1) is 0 Å². The third-order valence-electron chi connectivity index (χ3n) is 0. The zero-order chi connectivity index (χ0) is 10.7. The van der Waals surface area contributed by atoms with Crippen molar-refractivity contribution in [3.63, 3.8) is 0 Å². The summed E-state index contributed by atoms with van der Waals surface area (Å²) < 4.78 is 0. The van der Waals surface area contributed by atoms with Gasteiger partial charge in [-0.1, -0.05) is 0 Å². The van der Waals surface area contributed by atoms with Crippen molar-refractivity contribution in [2.24, 2.45) is 0 Å². The maximum atomic E-state index is 8.89. The molecule has 0 aliphatic carbocycles. The van der Waals surface area contributed by atoms with Crippen molar-refractivity contribution in [2.75, 3.05) is 0 Å². The topological polar surface area (TPSA) is 246 Å². The number of hydrogen-bond acceptors (Lipinski definition) is 6. The Morgan fingerprint density at radius 2 is 0.588 bits per heavy atom. The standard InChI is InChI=1S/3C2H4O2.Dy.4H2O/c3*1-2(3)4;;;;;/h3*1H3,(H,3,4);;4*1H2/q;;;+3;;;;/p-3. The van der Waals surface area contributed by atoms with Gasteiger partial charge in [-0.2, -0.15) is 0 Å². The molecule has 0 aromatic carbocycles. The third kappa shape index (κ3) is 12500. The molecule has 1 radical (unpaired) electrons. The predicted molar refractivity (Wildman–Crippen MR) is 46.5 cm³/mol. The summed E-state index contributed by atoms with van der Waals surface area (Å²) in [5.41, 5.74) is 0. The van der Waals surface area contributed by atoms with E-state index < -0.39 is 17.9 Å². The number of carboxylic acid groups (broad SMARTS) is 3.